The van der Waals surface area contributed by atoms with Crippen molar-refractivity contribution in [3.05, 3.63) is 108 Å². The van der Waals surface area contributed by atoms with Gasteiger partial charge >= 0.3 is 6.03 Å². The monoisotopic (exact) mass is 532 g/mol. The number of ether oxygens (including phenoxy) is 1. The third-order valence-electron chi connectivity index (χ3n) is 6.48. The van der Waals surface area contributed by atoms with Crippen molar-refractivity contribution in [3.8, 4) is 11.6 Å². The van der Waals surface area contributed by atoms with E-state index < -0.39 is 0 Å². The van der Waals surface area contributed by atoms with Gasteiger partial charge in [-0.1, -0.05) is 63.2 Å². The highest BCUT2D eigenvalue weighted by Gasteiger charge is 2.16. The van der Waals surface area contributed by atoms with Gasteiger partial charge in [0.25, 0.3) is 0 Å². The Morgan fingerprint density at radius 3 is 2.38 bits per heavy atom. The molecular weight excluding hydrogens is 500 g/mol. The fourth-order valence-corrected chi connectivity index (χ4v) is 4.24. The summed E-state index contributed by atoms with van der Waals surface area (Å²) in [5.41, 5.74) is 4.46. The molecule has 0 spiro atoms. The number of amides is 2. The van der Waals surface area contributed by atoms with Gasteiger partial charge in [0.1, 0.15) is 5.75 Å². The molecule has 2 aromatic heterocycles. The molecule has 40 heavy (non-hydrogen) atoms. The maximum Gasteiger partial charge on any atom is 0.323 e. The van der Waals surface area contributed by atoms with Gasteiger partial charge in [0.2, 0.25) is 11.8 Å². The maximum absolute atomic E-state index is 13.0. The van der Waals surface area contributed by atoms with E-state index in [-0.39, 0.29) is 11.4 Å². The summed E-state index contributed by atoms with van der Waals surface area (Å²) in [5.74, 6) is 1.45. The van der Waals surface area contributed by atoms with Crippen LogP contribution in [0.25, 0.3) is 10.8 Å². The van der Waals surface area contributed by atoms with E-state index in [1.54, 1.807) is 18.5 Å². The number of aryl methyl sites for hydroxylation is 1. The highest BCUT2D eigenvalue weighted by atomic mass is 16.5. The summed E-state index contributed by atoms with van der Waals surface area (Å²) < 4.78 is 6.17. The van der Waals surface area contributed by atoms with Crippen LogP contribution in [0, 0.1) is 6.92 Å². The number of rotatable bonds is 7. The van der Waals surface area contributed by atoms with Gasteiger partial charge in [0.15, 0.2) is 0 Å². The van der Waals surface area contributed by atoms with Gasteiger partial charge in [-0.25, -0.2) is 9.78 Å². The molecule has 3 aromatic carbocycles. The largest absolute Gasteiger partial charge is 0.438 e. The molecule has 0 aliphatic heterocycles. The Bertz CT molecular complexity index is 1650. The minimum absolute atomic E-state index is 0.0216. The molecule has 0 bridgehead atoms. The first kappa shape index (κ1) is 26.6. The summed E-state index contributed by atoms with van der Waals surface area (Å²) in [6.07, 6.45) is 3.39. The number of fused-ring (bicyclic) bond motifs is 1. The summed E-state index contributed by atoms with van der Waals surface area (Å²) in [7, 11) is 0. The quantitative estimate of drug-likeness (QED) is 0.199. The Labute approximate surface area is 233 Å². The second-order valence-electron chi connectivity index (χ2n) is 10.5. The normalized spacial score (nSPS) is 11.2. The van der Waals surface area contributed by atoms with E-state index >= 15 is 0 Å². The standard InChI is InChI=1S/C32H32N6O2/c1-21-12-13-22(32(2,3)4)19-27(21)37-31(39)36-26-14-15-28(25-11-6-5-10-24(25)26)40-29-16-18-34-30(38-29)35-20-23-9-7-8-17-33-23/h5-19H,20H2,1-4H3,(H,34,35,38)(H2,36,37,39). The Morgan fingerprint density at radius 1 is 0.825 bits per heavy atom. The molecule has 0 aliphatic carbocycles. The number of anilines is 3. The van der Waals surface area contributed by atoms with Gasteiger partial charge < -0.3 is 20.7 Å². The SMILES string of the molecule is Cc1ccc(C(C)(C)C)cc1NC(=O)Nc1ccc(Oc2ccnc(NCc3ccccn3)n2)c2ccccc12. The molecular formula is C32H32N6O2. The second-order valence-corrected chi connectivity index (χ2v) is 10.5. The lowest BCUT2D eigenvalue weighted by atomic mass is 9.86. The van der Waals surface area contributed by atoms with E-state index in [9.17, 15) is 4.79 Å². The summed E-state index contributed by atoms with van der Waals surface area (Å²) in [4.78, 5) is 26.1. The molecule has 202 valence electrons. The summed E-state index contributed by atoms with van der Waals surface area (Å²) in [5, 5.41) is 10.9. The Morgan fingerprint density at radius 2 is 1.60 bits per heavy atom. The highest BCUT2D eigenvalue weighted by Crippen LogP contribution is 2.34. The molecule has 8 nitrogen and oxygen atoms in total. The molecule has 5 rings (SSSR count). The molecule has 0 saturated carbocycles. The lowest BCUT2D eigenvalue weighted by Gasteiger charge is -2.21. The molecule has 0 fully saturated rings. The Balaban J connectivity index is 1.33. The van der Waals surface area contributed by atoms with Crippen molar-refractivity contribution in [1.29, 1.82) is 0 Å². The number of carbonyl (C=O) groups is 1. The number of pyridine rings is 1. The van der Waals surface area contributed by atoms with Crippen molar-refractivity contribution < 1.29 is 9.53 Å². The van der Waals surface area contributed by atoms with Gasteiger partial charge in [-0.2, -0.15) is 4.98 Å². The van der Waals surface area contributed by atoms with Crippen LogP contribution in [0.3, 0.4) is 0 Å². The van der Waals surface area contributed by atoms with Crippen LogP contribution in [0.5, 0.6) is 11.6 Å². The van der Waals surface area contributed by atoms with Crippen LogP contribution in [0.1, 0.15) is 37.6 Å². The van der Waals surface area contributed by atoms with Crippen LogP contribution in [0.2, 0.25) is 0 Å². The number of nitrogens with one attached hydrogen (secondary N) is 3. The number of urea groups is 1. The Hall–Kier alpha value is -4.98. The lowest BCUT2D eigenvalue weighted by molar-refractivity contribution is 0.262. The number of hydrogen-bond acceptors (Lipinski definition) is 6. The van der Waals surface area contributed by atoms with Crippen molar-refractivity contribution in [1.82, 2.24) is 15.0 Å². The minimum Gasteiger partial charge on any atom is -0.438 e. The third-order valence-corrected chi connectivity index (χ3v) is 6.48. The van der Waals surface area contributed by atoms with E-state index in [1.807, 2.05) is 73.7 Å². The molecule has 0 aliphatic rings. The van der Waals surface area contributed by atoms with Crippen LogP contribution in [0.4, 0.5) is 22.1 Å². The third kappa shape index (κ3) is 6.35. The van der Waals surface area contributed by atoms with Crippen molar-refractivity contribution >= 4 is 34.1 Å². The average Bonchev–Trinajstić information content (AvgIpc) is 2.94. The van der Waals surface area contributed by atoms with Crippen LogP contribution in [0.15, 0.2) is 91.3 Å². The first-order valence-corrected chi connectivity index (χ1v) is 13.1. The van der Waals surface area contributed by atoms with Crippen LogP contribution >= 0.6 is 0 Å². The zero-order valence-electron chi connectivity index (χ0n) is 23.0. The zero-order chi connectivity index (χ0) is 28.1. The van der Waals surface area contributed by atoms with Crippen molar-refractivity contribution in [2.24, 2.45) is 0 Å². The van der Waals surface area contributed by atoms with Gasteiger partial charge in [0.05, 0.1) is 17.9 Å². The average molecular weight is 533 g/mol. The highest BCUT2D eigenvalue weighted by molar-refractivity contribution is 6.07. The number of aromatic nitrogens is 3. The van der Waals surface area contributed by atoms with Crippen LogP contribution in [-0.4, -0.2) is 21.0 Å². The zero-order valence-corrected chi connectivity index (χ0v) is 23.0. The first-order chi connectivity index (χ1) is 19.3. The van der Waals surface area contributed by atoms with Crippen molar-refractivity contribution in [3.63, 3.8) is 0 Å². The molecule has 3 N–H and O–H groups in total. The number of benzene rings is 3. The number of carbonyl (C=O) groups excluding carboxylic acids is 1. The fourth-order valence-electron chi connectivity index (χ4n) is 4.24. The summed E-state index contributed by atoms with van der Waals surface area (Å²) >= 11 is 0. The van der Waals surface area contributed by atoms with E-state index in [4.69, 9.17) is 4.74 Å². The Kier molecular flexibility index (Phi) is 7.59. The smallest absolute Gasteiger partial charge is 0.323 e. The van der Waals surface area contributed by atoms with Crippen molar-refractivity contribution in [2.75, 3.05) is 16.0 Å². The predicted molar refractivity (Wildman–Crippen MR) is 160 cm³/mol. The second kappa shape index (κ2) is 11.4. The molecule has 5 aromatic rings. The first-order valence-electron chi connectivity index (χ1n) is 13.1. The fraction of sp³-hybridized carbons (Fsp3) is 0.188. The lowest BCUT2D eigenvalue weighted by Crippen LogP contribution is -2.21. The topological polar surface area (TPSA) is 101 Å². The van der Waals surface area contributed by atoms with Crippen LogP contribution < -0.4 is 20.7 Å². The molecule has 2 amide bonds. The minimum atomic E-state index is -0.313. The number of nitrogens with zero attached hydrogens (tertiary/aromatic N) is 3. The summed E-state index contributed by atoms with van der Waals surface area (Å²) in [6, 6.07) is 24.7. The van der Waals surface area contributed by atoms with E-state index in [2.05, 4.69) is 57.7 Å². The van der Waals surface area contributed by atoms with Gasteiger partial charge in [-0.05, 0) is 53.8 Å². The molecule has 8 heteroatoms. The van der Waals surface area contributed by atoms with Gasteiger partial charge in [0, 0.05) is 34.9 Å². The molecule has 0 saturated heterocycles. The summed E-state index contributed by atoms with van der Waals surface area (Å²) in [6.45, 7) is 8.93. The van der Waals surface area contributed by atoms with E-state index in [1.165, 1.54) is 0 Å². The van der Waals surface area contributed by atoms with Crippen molar-refractivity contribution in [2.45, 2.75) is 39.7 Å². The van der Waals surface area contributed by atoms with E-state index in [0.29, 0.717) is 29.8 Å². The molecule has 2 heterocycles. The molecule has 0 unspecified atom stereocenters. The van der Waals surface area contributed by atoms with Gasteiger partial charge in [-0.3, -0.25) is 4.98 Å². The number of hydrogen-bond donors (Lipinski definition) is 3. The van der Waals surface area contributed by atoms with Crippen LogP contribution in [-0.2, 0) is 12.0 Å². The molecule has 0 atom stereocenters. The maximum atomic E-state index is 13.0. The molecule has 0 radical (unpaired) electrons. The van der Waals surface area contributed by atoms with Gasteiger partial charge in [-0.15, -0.1) is 0 Å². The predicted octanol–water partition coefficient (Wildman–Crippen LogP) is 7.68. The van der Waals surface area contributed by atoms with E-state index in [0.717, 1.165) is 33.3 Å².